The van der Waals surface area contributed by atoms with Gasteiger partial charge in [0.1, 0.15) is 0 Å². The van der Waals surface area contributed by atoms with Crippen molar-refractivity contribution in [3.8, 4) is 0 Å². The molecule has 1 aliphatic heterocycles. The largest absolute Gasteiger partial charge is 0.387 e. The molecule has 1 heterocycles. The molecule has 112 valence electrons. The maximum Gasteiger partial charge on any atom is 0.0916 e. The minimum atomic E-state index is -0.382. The minimum absolute atomic E-state index is 0.382. The van der Waals surface area contributed by atoms with Crippen molar-refractivity contribution >= 4 is 0 Å². The molecule has 1 aromatic carbocycles. The lowest BCUT2D eigenvalue weighted by Gasteiger charge is -2.20. The van der Waals surface area contributed by atoms with Crippen molar-refractivity contribution in [1.29, 1.82) is 0 Å². The van der Waals surface area contributed by atoms with Crippen LogP contribution in [-0.4, -0.2) is 43.4 Å². The first kappa shape index (κ1) is 15.5. The third-order valence-corrected chi connectivity index (χ3v) is 4.11. The molecular weight excluding hydrogens is 250 g/mol. The van der Waals surface area contributed by atoms with Crippen LogP contribution in [0.2, 0.25) is 0 Å². The molecule has 0 aromatic heterocycles. The molecular formula is C17H27NO2. The van der Waals surface area contributed by atoms with Gasteiger partial charge in [0.25, 0.3) is 0 Å². The Balaban J connectivity index is 1.84. The fourth-order valence-corrected chi connectivity index (χ4v) is 3.00. The van der Waals surface area contributed by atoms with E-state index in [1.54, 1.807) is 7.11 Å². The summed E-state index contributed by atoms with van der Waals surface area (Å²) in [6, 6.07) is 8.41. The molecule has 2 atom stereocenters. The second kappa shape index (κ2) is 7.77. The second-order valence-corrected chi connectivity index (χ2v) is 5.88. The highest BCUT2D eigenvalue weighted by Crippen LogP contribution is 2.21. The fraction of sp³-hybridized carbons (Fsp3) is 0.647. The van der Waals surface area contributed by atoms with E-state index >= 15 is 0 Å². The molecule has 1 aliphatic rings. The van der Waals surface area contributed by atoms with Gasteiger partial charge in [-0.25, -0.2) is 0 Å². The molecule has 0 radical (unpaired) electrons. The first-order chi connectivity index (χ1) is 9.72. The van der Waals surface area contributed by atoms with Gasteiger partial charge in [-0.05, 0) is 36.4 Å². The van der Waals surface area contributed by atoms with E-state index in [0.717, 1.165) is 44.6 Å². The number of aliphatic hydroxyl groups excluding tert-OH is 1. The molecule has 0 amide bonds. The van der Waals surface area contributed by atoms with Crippen molar-refractivity contribution in [3.05, 3.63) is 35.4 Å². The number of hydrogen-bond donors (Lipinski definition) is 1. The summed E-state index contributed by atoms with van der Waals surface area (Å²) in [4.78, 5) is 2.34. The number of benzene rings is 1. The maximum atomic E-state index is 10.3. The SMILES string of the molecule is CCCc1ccc(C(O)CN2CCC(COC)C2)cc1. The Bertz CT molecular complexity index is 390. The zero-order valence-electron chi connectivity index (χ0n) is 12.7. The highest BCUT2D eigenvalue weighted by molar-refractivity contribution is 5.24. The number of aliphatic hydroxyl groups is 1. The topological polar surface area (TPSA) is 32.7 Å². The molecule has 2 unspecified atom stereocenters. The first-order valence-corrected chi connectivity index (χ1v) is 7.71. The summed E-state index contributed by atoms with van der Waals surface area (Å²) < 4.78 is 5.21. The van der Waals surface area contributed by atoms with Crippen molar-refractivity contribution in [2.24, 2.45) is 5.92 Å². The van der Waals surface area contributed by atoms with Crippen molar-refractivity contribution < 1.29 is 9.84 Å². The smallest absolute Gasteiger partial charge is 0.0916 e. The zero-order valence-corrected chi connectivity index (χ0v) is 12.7. The number of methoxy groups -OCH3 is 1. The lowest BCUT2D eigenvalue weighted by atomic mass is 10.0. The number of aryl methyl sites for hydroxylation is 1. The van der Waals surface area contributed by atoms with Crippen LogP contribution in [0.3, 0.4) is 0 Å². The van der Waals surface area contributed by atoms with E-state index in [1.807, 2.05) is 0 Å². The van der Waals surface area contributed by atoms with Crippen molar-refractivity contribution in [2.75, 3.05) is 33.4 Å². The molecule has 1 N–H and O–H groups in total. The van der Waals surface area contributed by atoms with E-state index < -0.39 is 0 Å². The Labute approximate surface area is 122 Å². The summed E-state index contributed by atoms with van der Waals surface area (Å²) in [6.45, 7) is 5.86. The summed E-state index contributed by atoms with van der Waals surface area (Å²) in [7, 11) is 1.76. The standard InChI is InChI=1S/C17H27NO2/c1-3-4-14-5-7-16(8-6-14)17(19)12-18-10-9-15(11-18)13-20-2/h5-8,15,17,19H,3-4,9-13H2,1-2H3. The third kappa shape index (κ3) is 4.30. The number of ether oxygens (including phenoxy) is 1. The van der Waals surface area contributed by atoms with E-state index in [4.69, 9.17) is 4.74 Å². The number of nitrogens with zero attached hydrogens (tertiary/aromatic N) is 1. The predicted molar refractivity (Wildman–Crippen MR) is 81.8 cm³/mol. The Morgan fingerprint density at radius 3 is 2.75 bits per heavy atom. The lowest BCUT2D eigenvalue weighted by molar-refractivity contribution is 0.115. The summed E-state index contributed by atoms with van der Waals surface area (Å²) in [5.41, 5.74) is 2.38. The monoisotopic (exact) mass is 277 g/mol. The molecule has 20 heavy (non-hydrogen) atoms. The molecule has 1 fully saturated rings. The summed E-state index contributed by atoms with van der Waals surface area (Å²) >= 11 is 0. The van der Waals surface area contributed by atoms with Gasteiger partial charge >= 0.3 is 0 Å². The van der Waals surface area contributed by atoms with Crippen LogP contribution in [0.1, 0.15) is 37.0 Å². The van der Waals surface area contributed by atoms with Crippen LogP contribution in [0.5, 0.6) is 0 Å². The average Bonchev–Trinajstić information content (AvgIpc) is 2.88. The van der Waals surface area contributed by atoms with Crippen LogP contribution >= 0.6 is 0 Å². The van der Waals surface area contributed by atoms with E-state index in [2.05, 4.69) is 36.1 Å². The molecule has 1 aromatic rings. The Kier molecular flexibility index (Phi) is 6.02. The van der Waals surface area contributed by atoms with Gasteiger partial charge in [-0.2, -0.15) is 0 Å². The van der Waals surface area contributed by atoms with Crippen LogP contribution in [0, 0.1) is 5.92 Å². The Morgan fingerprint density at radius 1 is 1.35 bits per heavy atom. The number of rotatable bonds is 7. The predicted octanol–water partition coefficient (Wildman–Crippen LogP) is 2.64. The Hall–Kier alpha value is -0.900. The summed E-state index contributed by atoms with van der Waals surface area (Å²) in [5, 5.41) is 10.3. The summed E-state index contributed by atoms with van der Waals surface area (Å²) in [6.07, 6.45) is 3.07. The van der Waals surface area contributed by atoms with Crippen LogP contribution in [0.15, 0.2) is 24.3 Å². The van der Waals surface area contributed by atoms with Gasteiger partial charge < -0.3 is 14.7 Å². The van der Waals surface area contributed by atoms with Crippen molar-refractivity contribution in [1.82, 2.24) is 4.90 Å². The van der Waals surface area contributed by atoms with Crippen LogP contribution < -0.4 is 0 Å². The second-order valence-electron chi connectivity index (χ2n) is 5.88. The highest BCUT2D eigenvalue weighted by atomic mass is 16.5. The molecule has 2 rings (SSSR count). The third-order valence-electron chi connectivity index (χ3n) is 4.11. The number of hydrogen-bond acceptors (Lipinski definition) is 3. The van der Waals surface area contributed by atoms with Gasteiger partial charge in [0.15, 0.2) is 0 Å². The van der Waals surface area contributed by atoms with Gasteiger partial charge in [0, 0.05) is 20.2 Å². The zero-order chi connectivity index (χ0) is 14.4. The number of β-amino-alcohol motifs (C(OH)–C–C–N with tert-alkyl or cyclic N) is 1. The van der Waals surface area contributed by atoms with Crippen LogP contribution in [-0.2, 0) is 11.2 Å². The van der Waals surface area contributed by atoms with Gasteiger partial charge in [-0.1, -0.05) is 37.6 Å². The van der Waals surface area contributed by atoms with Gasteiger partial charge in [-0.3, -0.25) is 0 Å². The lowest BCUT2D eigenvalue weighted by Crippen LogP contribution is -2.27. The fourth-order valence-electron chi connectivity index (χ4n) is 3.00. The van der Waals surface area contributed by atoms with E-state index in [1.165, 1.54) is 12.0 Å². The van der Waals surface area contributed by atoms with Gasteiger partial charge in [0.2, 0.25) is 0 Å². The van der Waals surface area contributed by atoms with Crippen LogP contribution in [0.4, 0.5) is 0 Å². The average molecular weight is 277 g/mol. The molecule has 0 aliphatic carbocycles. The van der Waals surface area contributed by atoms with E-state index in [0.29, 0.717) is 5.92 Å². The van der Waals surface area contributed by atoms with E-state index in [9.17, 15) is 5.11 Å². The maximum absolute atomic E-state index is 10.3. The number of likely N-dealkylation sites (tertiary alicyclic amines) is 1. The molecule has 3 heteroatoms. The highest BCUT2D eigenvalue weighted by Gasteiger charge is 2.24. The van der Waals surface area contributed by atoms with Gasteiger partial charge in [-0.15, -0.1) is 0 Å². The Morgan fingerprint density at radius 2 is 2.10 bits per heavy atom. The summed E-state index contributed by atoms with van der Waals surface area (Å²) in [5.74, 6) is 0.624. The van der Waals surface area contributed by atoms with Crippen molar-refractivity contribution in [3.63, 3.8) is 0 Å². The molecule has 3 nitrogen and oxygen atoms in total. The minimum Gasteiger partial charge on any atom is -0.387 e. The molecule has 0 saturated carbocycles. The van der Waals surface area contributed by atoms with E-state index in [-0.39, 0.29) is 6.10 Å². The molecule has 0 spiro atoms. The van der Waals surface area contributed by atoms with Crippen LogP contribution in [0.25, 0.3) is 0 Å². The molecule has 0 bridgehead atoms. The molecule has 1 saturated heterocycles. The first-order valence-electron chi connectivity index (χ1n) is 7.71. The quantitative estimate of drug-likeness (QED) is 0.831. The van der Waals surface area contributed by atoms with Gasteiger partial charge in [0.05, 0.1) is 12.7 Å². The van der Waals surface area contributed by atoms with Crippen molar-refractivity contribution in [2.45, 2.75) is 32.3 Å². The normalized spacial score (nSPS) is 21.2.